The first-order chi connectivity index (χ1) is 12.8. The molecule has 1 aromatic heterocycles. The van der Waals surface area contributed by atoms with Crippen molar-refractivity contribution in [3.8, 4) is 11.1 Å². The Morgan fingerprint density at radius 3 is 2.50 bits per heavy atom. The van der Waals surface area contributed by atoms with E-state index in [-0.39, 0.29) is 5.82 Å². The van der Waals surface area contributed by atoms with Crippen LogP contribution in [0.1, 0.15) is 24.0 Å². The topological polar surface area (TPSA) is 25.2 Å². The standard InChI is InChI=1S/C23H19FN2/c24-22-12-4-3-11-21(22)20-10-2-1-7-17(20)15-18-8-6-14-26-23(18)19-9-5-13-25-16-19/h1-5,7,9-13,15-16H,6,8,14H2. The largest absolute Gasteiger partial charge is 0.284 e. The molecule has 0 fully saturated rings. The zero-order chi connectivity index (χ0) is 17.8. The fourth-order valence-electron chi connectivity index (χ4n) is 3.34. The van der Waals surface area contributed by atoms with Gasteiger partial charge in [0, 0.05) is 30.1 Å². The van der Waals surface area contributed by atoms with Gasteiger partial charge in [-0.15, -0.1) is 0 Å². The van der Waals surface area contributed by atoms with Crippen molar-refractivity contribution in [3.05, 3.63) is 95.6 Å². The molecule has 0 amide bonds. The van der Waals surface area contributed by atoms with E-state index >= 15 is 0 Å². The van der Waals surface area contributed by atoms with Gasteiger partial charge < -0.3 is 0 Å². The van der Waals surface area contributed by atoms with Crippen molar-refractivity contribution < 1.29 is 4.39 Å². The summed E-state index contributed by atoms with van der Waals surface area (Å²) in [4.78, 5) is 8.95. The quantitative estimate of drug-likeness (QED) is 0.612. The molecule has 2 nitrogen and oxygen atoms in total. The molecule has 1 aliphatic rings. The summed E-state index contributed by atoms with van der Waals surface area (Å²) in [5, 5.41) is 0. The van der Waals surface area contributed by atoms with Crippen molar-refractivity contribution in [1.82, 2.24) is 4.98 Å². The third kappa shape index (κ3) is 3.33. The van der Waals surface area contributed by atoms with Crippen LogP contribution < -0.4 is 0 Å². The highest BCUT2D eigenvalue weighted by Gasteiger charge is 2.15. The summed E-state index contributed by atoms with van der Waals surface area (Å²) in [5.74, 6) is -0.205. The smallest absolute Gasteiger partial charge is 0.131 e. The predicted octanol–water partition coefficient (Wildman–Crippen LogP) is 5.55. The van der Waals surface area contributed by atoms with Crippen LogP contribution in [0.15, 0.2) is 83.6 Å². The molecule has 26 heavy (non-hydrogen) atoms. The van der Waals surface area contributed by atoms with Gasteiger partial charge in [0.1, 0.15) is 5.82 Å². The minimum atomic E-state index is -0.205. The molecule has 0 aliphatic carbocycles. The molecule has 0 saturated carbocycles. The van der Waals surface area contributed by atoms with Crippen LogP contribution in [0.25, 0.3) is 17.2 Å². The van der Waals surface area contributed by atoms with Gasteiger partial charge >= 0.3 is 0 Å². The Morgan fingerprint density at radius 2 is 1.69 bits per heavy atom. The molecular formula is C23H19FN2. The van der Waals surface area contributed by atoms with Gasteiger partial charge in [-0.25, -0.2) is 4.39 Å². The molecule has 0 spiro atoms. The second kappa shape index (κ2) is 7.44. The fraction of sp³-hybridized carbons (Fsp3) is 0.130. The number of nitrogens with zero attached hydrogens (tertiary/aromatic N) is 2. The third-order valence-electron chi connectivity index (χ3n) is 4.57. The number of halogens is 1. The minimum absolute atomic E-state index is 0.205. The molecule has 0 unspecified atom stereocenters. The van der Waals surface area contributed by atoms with E-state index in [2.05, 4.69) is 11.1 Å². The number of aromatic nitrogens is 1. The van der Waals surface area contributed by atoms with Gasteiger partial charge in [-0.2, -0.15) is 0 Å². The molecule has 0 saturated heterocycles. The Morgan fingerprint density at radius 1 is 0.885 bits per heavy atom. The number of hydrogen-bond donors (Lipinski definition) is 0. The van der Waals surface area contributed by atoms with Gasteiger partial charge in [-0.1, -0.05) is 42.5 Å². The number of hydrogen-bond acceptors (Lipinski definition) is 2. The number of aliphatic imine (C=N–C) groups is 1. The van der Waals surface area contributed by atoms with Crippen LogP contribution in [0.3, 0.4) is 0 Å². The van der Waals surface area contributed by atoms with E-state index < -0.39 is 0 Å². The predicted molar refractivity (Wildman–Crippen MR) is 105 cm³/mol. The molecule has 1 aliphatic heterocycles. The molecule has 2 heterocycles. The van der Waals surface area contributed by atoms with Gasteiger partial charge in [-0.3, -0.25) is 9.98 Å². The van der Waals surface area contributed by atoms with Crippen molar-refractivity contribution in [3.63, 3.8) is 0 Å². The van der Waals surface area contributed by atoms with Crippen molar-refractivity contribution in [2.75, 3.05) is 6.54 Å². The van der Waals surface area contributed by atoms with Crippen LogP contribution in [0.2, 0.25) is 0 Å². The lowest BCUT2D eigenvalue weighted by Gasteiger charge is -2.17. The first kappa shape index (κ1) is 16.4. The molecule has 4 rings (SSSR count). The van der Waals surface area contributed by atoms with E-state index in [0.29, 0.717) is 5.56 Å². The van der Waals surface area contributed by atoms with E-state index in [1.165, 1.54) is 11.6 Å². The van der Waals surface area contributed by atoms with Gasteiger partial charge in [0.05, 0.1) is 5.71 Å². The molecular weight excluding hydrogens is 323 g/mol. The minimum Gasteiger partial charge on any atom is -0.284 e. The zero-order valence-electron chi connectivity index (χ0n) is 14.4. The summed E-state index contributed by atoms with van der Waals surface area (Å²) in [5.41, 5.74) is 5.72. The second-order valence-corrected chi connectivity index (χ2v) is 6.31. The number of allylic oxidation sites excluding steroid dienone is 1. The number of rotatable bonds is 3. The summed E-state index contributed by atoms with van der Waals surface area (Å²) in [6, 6.07) is 18.8. The number of benzene rings is 2. The number of pyridine rings is 1. The lowest BCUT2D eigenvalue weighted by atomic mass is 9.92. The van der Waals surface area contributed by atoms with Crippen LogP contribution in [0.5, 0.6) is 0 Å². The molecule has 0 N–H and O–H groups in total. The van der Waals surface area contributed by atoms with Crippen LogP contribution in [0.4, 0.5) is 4.39 Å². The molecule has 0 atom stereocenters. The second-order valence-electron chi connectivity index (χ2n) is 6.31. The van der Waals surface area contributed by atoms with Crippen molar-refractivity contribution >= 4 is 11.8 Å². The van der Waals surface area contributed by atoms with Gasteiger partial charge in [-0.05, 0) is 53.8 Å². The Labute approximate surface area is 152 Å². The average molecular weight is 342 g/mol. The maximum atomic E-state index is 14.3. The van der Waals surface area contributed by atoms with Gasteiger partial charge in [0.2, 0.25) is 0 Å². The SMILES string of the molecule is Fc1ccccc1-c1ccccc1C=C1CCCN=C1c1cccnc1. The van der Waals surface area contributed by atoms with Gasteiger partial charge in [0.15, 0.2) is 0 Å². The maximum Gasteiger partial charge on any atom is 0.131 e. The zero-order valence-corrected chi connectivity index (χ0v) is 14.4. The summed E-state index contributed by atoms with van der Waals surface area (Å²) in [7, 11) is 0. The molecule has 3 aromatic rings. The van der Waals surface area contributed by atoms with E-state index in [9.17, 15) is 4.39 Å². The van der Waals surface area contributed by atoms with Crippen molar-refractivity contribution in [2.45, 2.75) is 12.8 Å². The molecule has 128 valence electrons. The molecule has 3 heteroatoms. The maximum absolute atomic E-state index is 14.3. The van der Waals surface area contributed by atoms with Crippen LogP contribution in [0, 0.1) is 5.82 Å². The Bertz CT molecular complexity index is 974. The normalized spacial score (nSPS) is 15.7. The van der Waals surface area contributed by atoms with Crippen molar-refractivity contribution in [1.29, 1.82) is 0 Å². The van der Waals surface area contributed by atoms with Crippen molar-refractivity contribution in [2.24, 2.45) is 4.99 Å². The Hall–Kier alpha value is -3.07. The Balaban J connectivity index is 1.80. The monoisotopic (exact) mass is 342 g/mol. The lowest BCUT2D eigenvalue weighted by molar-refractivity contribution is 0.631. The summed E-state index contributed by atoms with van der Waals surface area (Å²) < 4.78 is 14.3. The van der Waals surface area contributed by atoms with Crippen LogP contribution >= 0.6 is 0 Å². The third-order valence-corrected chi connectivity index (χ3v) is 4.57. The summed E-state index contributed by atoms with van der Waals surface area (Å²) >= 11 is 0. The average Bonchev–Trinajstić information content (AvgIpc) is 2.70. The first-order valence-electron chi connectivity index (χ1n) is 8.82. The highest BCUT2D eigenvalue weighted by Crippen LogP contribution is 2.30. The van der Waals surface area contributed by atoms with Crippen LogP contribution in [-0.4, -0.2) is 17.2 Å². The van der Waals surface area contributed by atoms with E-state index in [0.717, 1.165) is 41.8 Å². The molecule has 0 radical (unpaired) electrons. The van der Waals surface area contributed by atoms with E-state index in [4.69, 9.17) is 4.99 Å². The van der Waals surface area contributed by atoms with Crippen LogP contribution in [-0.2, 0) is 0 Å². The first-order valence-corrected chi connectivity index (χ1v) is 8.82. The summed E-state index contributed by atoms with van der Waals surface area (Å²) in [6.45, 7) is 0.830. The van der Waals surface area contributed by atoms with E-state index in [1.807, 2.05) is 54.7 Å². The lowest BCUT2D eigenvalue weighted by Crippen LogP contribution is -2.12. The summed E-state index contributed by atoms with van der Waals surface area (Å²) in [6.07, 6.45) is 7.74. The molecule has 2 aromatic carbocycles. The highest BCUT2D eigenvalue weighted by atomic mass is 19.1. The van der Waals surface area contributed by atoms with Gasteiger partial charge in [0.25, 0.3) is 0 Å². The van der Waals surface area contributed by atoms with E-state index in [1.54, 1.807) is 12.3 Å². The highest BCUT2D eigenvalue weighted by molar-refractivity contribution is 6.15. The molecule has 0 bridgehead atoms. The fourth-order valence-corrected chi connectivity index (χ4v) is 3.34. The Kier molecular flexibility index (Phi) is 4.69.